The monoisotopic (exact) mass is 364 g/mol. The molecule has 0 aliphatic rings. The Kier molecular flexibility index (Phi) is 5.71. The maximum Gasteiger partial charge on any atom is 0.313 e. The van der Waals surface area contributed by atoms with Crippen molar-refractivity contribution in [1.82, 2.24) is 9.55 Å². The Balaban J connectivity index is 2.48. The molecule has 1 aromatic carbocycles. The molecule has 114 valence electrons. The van der Waals surface area contributed by atoms with E-state index < -0.39 is 5.97 Å². The van der Waals surface area contributed by atoms with Crippen molar-refractivity contribution in [3.8, 4) is 0 Å². The lowest BCUT2D eigenvalue weighted by Crippen LogP contribution is -2.10. The van der Waals surface area contributed by atoms with Crippen LogP contribution in [0.25, 0.3) is 11.0 Å². The first-order chi connectivity index (χ1) is 9.92. The number of hydrogen-bond donors (Lipinski definition) is 1. The number of rotatable bonds is 6. The number of thioether (sulfide) groups is 2. The molecule has 21 heavy (non-hydrogen) atoms. The molecule has 0 aliphatic heterocycles. The number of carbonyl (C=O) groups is 1. The number of hydrogen-bond acceptors (Lipinski definition) is 4. The van der Waals surface area contributed by atoms with E-state index in [0.29, 0.717) is 20.5 Å². The Hall–Kier alpha value is -0.560. The first-order valence-corrected chi connectivity index (χ1v) is 9.18. The third-order valence-electron chi connectivity index (χ3n) is 2.92. The Morgan fingerprint density at radius 1 is 1.43 bits per heavy atom. The second-order valence-corrected chi connectivity index (χ2v) is 7.52. The number of imidazole rings is 1. The van der Waals surface area contributed by atoms with E-state index in [1.54, 1.807) is 23.9 Å². The molecule has 1 heterocycles. The third kappa shape index (κ3) is 4.00. The molecule has 2 aromatic rings. The summed E-state index contributed by atoms with van der Waals surface area (Å²) in [4.78, 5) is 15.3. The van der Waals surface area contributed by atoms with Crippen LogP contribution in [0.5, 0.6) is 0 Å². The van der Waals surface area contributed by atoms with Crippen LogP contribution in [0, 0.1) is 0 Å². The molecule has 0 radical (unpaired) electrons. The molecule has 0 amide bonds. The van der Waals surface area contributed by atoms with Crippen molar-refractivity contribution in [3.05, 3.63) is 22.2 Å². The quantitative estimate of drug-likeness (QED) is 0.775. The molecule has 1 N–H and O–H groups in total. The summed E-state index contributed by atoms with van der Waals surface area (Å²) in [5.74, 6) is -0.897. The zero-order valence-electron chi connectivity index (χ0n) is 11.5. The number of aliphatic carboxylic acids is 1. The summed E-state index contributed by atoms with van der Waals surface area (Å²) >= 11 is 15.1. The fourth-order valence-corrected chi connectivity index (χ4v) is 3.20. The smallest absolute Gasteiger partial charge is 0.313 e. The van der Waals surface area contributed by atoms with Gasteiger partial charge in [0.25, 0.3) is 0 Å². The van der Waals surface area contributed by atoms with E-state index in [1.165, 1.54) is 11.8 Å². The zero-order chi connectivity index (χ0) is 15.6. The highest BCUT2D eigenvalue weighted by Gasteiger charge is 2.16. The number of halogens is 2. The zero-order valence-corrected chi connectivity index (χ0v) is 14.6. The normalized spacial score (nSPS) is 12.8. The van der Waals surface area contributed by atoms with Gasteiger partial charge in [-0.1, -0.05) is 41.9 Å². The highest BCUT2D eigenvalue weighted by molar-refractivity contribution is 7.99. The van der Waals surface area contributed by atoms with Gasteiger partial charge in [-0.2, -0.15) is 11.8 Å². The SMILES string of the molecule is CSC(C)Cn1c(SCC(=O)O)nc2cc(Cl)c(Cl)cc21. The largest absolute Gasteiger partial charge is 0.481 e. The van der Waals surface area contributed by atoms with Gasteiger partial charge in [0.1, 0.15) is 0 Å². The summed E-state index contributed by atoms with van der Waals surface area (Å²) < 4.78 is 2.01. The molecule has 0 spiro atoms. The molecule has 0 aliphatic carbocycles. The van der Waals surface area contributed by atoms with Crippen LogP contribution in [0.1, 0.15) is 6.92 Å². The summed E-state index contributed by atoms with van der Waals surface area (Å²) in [6, 6.07) is 3.49. The van der Waals surface area contributed by atoms with Crippen molar-refractivity contribution < 1.29 is 9.90 Å². The molecule has 1 unspecified atom stereocenters. The Morgan fingerprint density at radius 2 is 2.10 bits per heavy atom. The molecule has 0 fully saturated rings. The number of fused-ring (bicyclic) bond motifs is 1. The predicted molar refractivity (Wildman–Crippen MR) is 91.1 cm³/mol. The number of aromatic nitrogens is 2. The van der Waals surface area contributed by atoms with Crippen LogP contribution in [-0.2, 0) is 11.3 Å². The van der Waals surface area contributed by atoms with Crippen LogP contribution in [0.3, 0.4) is 0 Å². The fraction of sp³-hybridized carbons (Fsp3) is 0.385. The summed E-state index contributed by atoms with van der Waals surface area (Å²) in [5.41, 5.74) is 1.60. The van der Waals surface area contributed by atoms with Crippen LogP contribution in [-0.4, -0.2) is 37.9 Å². The number of carboxylic acid groups (broad SMARTS) is 1. The van der Waals surface area contributed by atoms with Crippen molar-refractivity contribution in [2.45, 2.75) is 23.9 Å². The van der Waals surface area contributed by atoms with Gasteiger partial charge in [0.05, 0.1) is 26.8 Å². The Morgan fingerprint density at radius 3 is 2.71 bits per heavy atom. The second kappa shape index (κ2) is 7.13. The molecule has 2 rings (SSSR count). The topological polar surface area (TPSA) is 55.1 Å². The van der Waals surface area contributed by atoms with Gasteiger partial charge in [0, 0.05) is 11.8 Å². The van der Waals surface area contributed by atoms with Gasteiger partial charge < -0.3 is 9.67 Å². The van der Waals surface area contributed by atoms with E-state index in [0.717, 1.165) is 17.6 Å². The second-order valence-electron chi connectivity index (χ2n) is 4.49. The molecule has 8 heteroatoms. The minimum atomic E-state index is -0.868. The lowest BCUT2D eigenvalue weighted by Gasteiger charge is -2.13. The average Bonchev–Trinajstić information content (AvgIpc) is 2.74. The van der Waals surface area contributed by atoms with E-state index >= 15 is 0 Å². The van der Waals surface area contributed by atoms with E-state index in [-0.39, 0.29) is 5.75 Å². The molecule has 1 aromatic heterocycles. The predicted octanol–water partition coefficient (Wildman–Crippen LogP) is 4.27. The average molecular weight is 365 g/mol. The van der Waals surface area contributed by atoms with Gasteiger partial charge in [-0.3, -0.25) is 4.79 Å². The van der Waals surface area contributed by atoms with Crippen LogP contribution < -0.4 is 0 Å². The van der Waals surface area contributed by atoms with Crippen molar-refractivity contribution in [1.29, 1.82) is 0 Å². The van der Waals surface area contributed by atoms with E-state index in [9.17, 15) is 4.79 Å². The Labute approximate surface area is 141 Å². The Bertz CT molecular complexity index is 676. The number of carboxylic acids is 1. The van der Waals surface area contributed by atoms with E-state index in [4.69, 9.17) is 28.3 Å². The molecular weight excluding hydrogens is 351 g/mol. The van der Waals surface area contributed by atoms with Crippen molar-refractivity contribution in [2.75, 3.05) is 12.0 Å². The summed E-state index contributed by atoms with van der Waals surface area (Å²) in [6.45, 7) is 2.84. The van der Waals surface area contributed by atoms with Gasteiger partial charge in [-0.25, -0.2) is 4.98 Å². The molecule has 0 saturated carbocycles. The van der Waals surface area contributed by atoms with Gasteiger partial charge in [0.2, 0.25) is 0 Å². The maximum absolute atomic E-state index is 10.8. The summed E-state index contributed by atoms with van der Waals surface area (Å²) in [7, 11) is 0. The third-order valence-corrected chi connectivity index (χ3v) is 5.56. The standard InChI is InChI=1S/C13H14Cl2N2O2S2/c1-7(20-2)5-17-11-4-9(15)8(14)3-10(11)16-13(17)21-6-12(18)19/h3-4,7H,5-6H2,1-2H3,(H,18,19). The first-order valence-electron chi connectivity index (χ1n) is 6.15. The minimum absolute atomic E-state index is 0.0293. The number of nitrogens with zero attached hydrogens (tertiary/aromatic N) is 2. The minimum Gasteiger partial charge on any atom is -0.481 e. The molecule has 0 bridgehead atoms. The van der Waals surface area contributed by atoms with Crippen LogP contribution in [0.2, 0.25) is 10.0 Å². The van der Waals surface area contributed by atoms with E-state index in [1.807, 2.05) is 10.8 Å². The summed E-state index contributed by atoms with van der Waals surface area (Å²) in [6.07, 6.45) is 2.04. The van der Waals surface area contributed by atoms with E-state index in [2.05, 4.69) is 11.9 Å². The highest BCUT2D eigenvalue weighted by Crippen LogP contribution is 2.31. The van der Waals surface area contributed by atoms with Crippen LogP contribution in [0.15, 0.2) is 17.3 Å². The molecule has 0 saturated heterocycles. The van der Waals surface area contributed by atoms with Crippen molar-refractivity contribution in [3.63, 3.8) is 0 Å². The van der Waals surface area contributed by atoms with Crippen molar-refractivity contribution >= 4 is 63.7 Å². The van der Waals surface area contributed by atoms with Crippen LogP contribution >= 0.6 is 46.7 Å². The van der Waals surface area contributed by atoms with Gasteiger partial charge in [-0.15, -0.1) is 0 Å². The fourth-order valence-electron chi connectivity index (χ4n) is 1.84. The van der Waals surface area contributed by atoms with Gasteiger partial charge in [-0.05, 0) is 18.4 Å². The maximum atomic E-state index is 10.8. The lowest BCUT2D eigenvalue weighted by molar-refractivity contribution is -0.133. The highest BCUT2D eigenvalue weighted by atomic mass is 35.5. The van der Waals surface area contributed by atoms with Crippen LogP contribution in [0.4, 0.5) is 0 Å². The molecule has 4 nitrogen and oxygen atoms in total. The molecular formula is C13H14Cl2N2O2S2. The van der Waals surface area contributed by atoms with Gasteiger partial charge in [0.15, 0.2) is 5.16 Å². The summed E-state index contributed by atoms with van der Waals surface area (Å²) in [5, 5.41) is 10.8. The lowest BCUT2D eigenvalue weighted by atomic mass is 10.3. The number of benzene rings is 1. The van der Waals surface area contributed by atoms with Gasteiger partial charge >= 0.3 is 5.97 Å². The van der Waals surface area contributed by atoms with Crippen molar-refractivity contribution in [2.24, 2.45) is 0 Å². The first kappa shape index (κ1) is 16.8. The molecule has 1 atom stereocenters.